The van der Waals surface area contributed by atoms with Gasteiger partial charge >= 0.3 is 0 Å². The van der Waals surface area contributed by atoms with E-state index in [1.165, 1.54) is 11.3 Å². The lowest BCUT2D eigenvalue weighted by molar-refractivity contribution is 0.0329. The van der Waals surface area contributed by atoms with Crippen molar-refractivity contribution in [3.05, 3.63) is 29.8 Å². The van der Waals surface area contributed by atoms with Crippen molar-refractivity contribution in [2.45, 2.75) is 44.8 Å². The Labute approximate surface area is 98.0 Å². The fraction of sp³-hybridized carbons (Fsp3) is 0.571. The minimum atomic E-state index is 0.465. The minimum Gasteiger partial charge on any atom is -0.382 e. The van der Waals surface area contributed by atoms with Gasteiger partial charge in [0, 0.05) is 18.8 Å². The van der Waals surface area contributed by atoms with E-state index in [0.717, 1.165) is 12.8 Å². The van der Waals surface area contributed by atoms with Gasteiger partial charge in [-0.15, -0.1) is 0 Å². The van der Waals surface area contributed by atoms with Crippen LogP contribution in [0.25, 0.3) is 0 Å². The summed E-state index contributed by atoms with van der Waals surface area (Å²) in [5.41, 5.74) is 2.62. The van der Waals surface area contributed by atoms with Crippen molar-refractivity contribution in [1.29, 1.82) is 0 Å². The van der Waals surface area contributed by atoms with Crippen LogP contribution in [0.4, 0.5) is 5.69 Å². The maximum atomic E-state index is 5.26. The zero-order chi connectivity index (χ0) is 11.5. The summed E-state index contributed by atoms with van der Waals surface area (Å²) in [5, 5.41) is 3.53. The largest absolute Gasteiger partial charge is 0.382 e. The molecule has 2 rings (SSSR count). The van der Waals surface area contributed by atoms with Gasteiger partial charge in [0.25, 0.3) is 0 Å². The Morgan fingerprint density at radius 1 is 1.19 bits per heavy atom. The second-order valence-electron chi connectivity index (χ2n) is 4.95. The summed E-state index contributed by atoms with van der Waals surface area (Å²) in [6, 6.07) is 9.36. The quantitative estimate of drug-likeness (QED) is 0.838. The maximum absolute atomic E-state index is 5.26. The Hall–Kier alpha value is -1.02. The first-order valence-corrected chi connectivity index (χ1v) is 6.08. The van der Waals surface area contributed by atoms with Crippen molar-refractivity contribution in [3.8, 4) is 0 Å². The summed E-state index contributed by atoms with van der Waals surface area (Å²) in [6.07, 6.45) is 2.72. The predicted molar refractivity (Wildman–Crippen MR) is 68.0 cm³/mol. The number of anilines is 1. The van der Waals surface area contributed by atoms with E-state index in [1.54, 1.807) is 7.11 Å². The highest BCUT2D eigenvalue weighted by molar-refractivity contribution is 5.46. The number of rotatable bonds is 4. The van der Waals surface area contributed by atoms with Crippen LogP contribution in [0.5, 0.6) is 0 Å². The molecule has 0 spiro atoms. The Morgan fingerprint density at radius 3 is 2.31 bits per heavy atom. The van der Waals surface area contributed by atoms with Gasteiger partial charge in [-0.1, -0.05) is 26.0 Å². The lowest BCUT2D eigenvalue weighted by atomic mass is 9.89. The zero-order valence-corrected chi connectivity index (χ0v) is 10.4. The van der Waals surface area contributed by atoms with Gasteiger partial charge < -0.3 is 10.1 Å². The van der Waals surface area contributed by atoms with Crippen molar-refractivity contribution in [2.24, 2.45) is 0 Å². The molecule has 1 N–H and O–H groups in total. The fourth-order valence-corrected chi connectivity index (χ4v) is 2.08. The van der Waals surface area contributed by atoms with Gasteiger partial charge in [0.2, 0.25) is 0 Å². The molecule has 16 heavy (non-hydrogen) atoms. The third kappa shape index (κ3) is 2.56. The molecule has 0 unspecified atom stereocenters. The molecule has 0 aromatic heterocycles. The lowest BCUT2D eigenvalue weighted by Crippen LogP contribution is -2.40. The Balaban J connectivity index is 1.86. The van der Waals surface area contributed by atoms with Crippen LogP contribution >= 0.6 is 0 Å². The average Bonchev–Trinajstić information content (AvgIpc) is 2.23. The molecule has 0 heterocycles. The maximum Gasteiger partial charge on any atom is 0.0610 e. The summed E-state index contributed by atoms with van der Waals surface area (Å²) in [4.78, 5) is 0. The van der Waals surface area contributed by atoms with Crippen LogP contribution in [0.15, 0.2) is 24.3 Å². The monoisotopic (exact) mass is 219 g/mol. The molecule has 0 aliphatic heterocycles. The van der Waals surface area contributed by atoms with Gasteiger partial charge in [0.05, 0.1) is 6.10 Å². The normalized spacial score (nSPS) is 24.2. The fourth-order valence-electron chi connectivity index (χ4n) is 2.08. The summed E-state index contributed by atoms with van der Waals surface area (Å²) in [6.45, 7) is 4.44. The van der Waals surface area contributed by atoms with Crippen molar-refractivity contribution in [1.82, 2.24) is 0 Å². The molecule has 2 heteroatoms. The van der Waals surface area contributed by atoms with E-state index in [1.807, 2.05) is 0 Å². The molecule has 1 aliphatic rings. The van der Waals surface area contributed by atoms with Gasteiger partial charge in [-0.3, -0.25) is 0 Å². The SMILES string of the molecule is COC1CC(Nc2ccc(C(C)C)cc2)C1. The summed E-state index contributed by atoms with van der Waals surface area (Å²) in [5.74, 6) is 0.607. The summed E-state index contributed by atoms with van der Waals surface area (Å²) < 4.78 is 5.26. The second-order valence-corrected chi connectivity index (χ2v) is 4.95. The van der Waals surface area contributed by atoms with E-state index in [0.29, 0.717) is 18.1 Å². The van der Waals surface area contributed by atoms with Crippen LogP contribution < -0.4 is 5.32 Å². The smallest absolute Gasteiger partial charge is 0.0610 e. The van der Waals surface area contributed by atoms with Crippen LogP contribution in [-0.4, -0.2) is 19.3 Å². The van der Waals surface area contributed by atoms with Crippen LogP contribution in [0.3, 0.4) is 0 Å². The molecule has 1 saturated carbocycles. The van der Waals surface area contributed by atoms with Crippen molar-refractivity contribution >= 4 is 5.69 Å². The standard InChI is InChI=1S/C14H21NO/c1-10(2)11-4-6-12(7-5-11)15-13-8-14(9-13)16-3/h4-7,10,13-15H,8-9H2,1-3H3. The molecule has 0 bridgehead atoms. The predicted octanol–water partition coefficient (Wildman–Crippen LogP) is 3.40. The van der Waals surface area contributed by atoms with E-state index >= 15 is 0 Å². The molecule has 1 aliphatic carbocycles. The third-order valence-electron chi connectivity index (χ3n) is 3.38. The number of hydrogen-bond acceptors (Lipinski definition) is 2. The van der Waals surface area contributed by atoms with Crippen LogP contribution in [0.1, 0.15) is 38.2 Å². The molecule has 1 fully saturated rings. The van der Waals surface area contributed by atoms with Gasteiger partial charge in [-0.05, 0) is 36.5 Å². The Morgan fingerprint density at radius 2 is 1.81 bits per heavy atom. The Kier molecular flexibility index (Phi) is 3.49. The Bertz CT molecular complexity index is 325. The molecule has 2 nitrogen and oxygen atoms in total. The summed E-state index contributed by atoms with van der Waals surface area (Å²) in [7, 11) is 1.79. The van der Waals surface area contributed by atoms with E-state index in [-0.39, 0.29) is 0 Å². The molecule has 0 saturated heterocycles. The molecule has 1 aromatic carbocycles. The first-order chi connectivity index (χ1) is 7.69. The highest BCUT2D eigenvalue weighted by Crippen LogP contribution is 2.26. The number of ether oxygens (including phenoxy) is 1. The third-order valence-corrected chi connectivity index (χ3v) is 3.38. The van der Waals surface area contributed by atoms with Gasteiger partial charge in [-0.25, -0.2) is 0 Å². The van der Waals surface area contributed by atoms with E-state index in [4.69, 9.17) is 4.74 Å². The topological polar surface area (TPSA) is 21.3 Å². The van der Waals surface area contributed by atoms with Crippen molar-refractivity contribution < 1.29 is 4.74 Å². The molecule has 0 radical (unpaired) electrons. The molecule has 1 aromatic rings. The van der Waals surface area contributed by atoms with E-state index in [2.05, 4.69) is 43.4 Å². The molecule has 0 amide bonds. The highest BCUT2D eigenvalue weighted by Gasteiger charge is 2.28. The molecule has 88 valence electrons. The molecular weight excluding hydrogens is 198 g/mol. The van der Waals surface area contributed by atoms with E-state index < -0.39 is 0 Å². The van der Waals surface area contributed by atoms with E-state index in [9.17, 15) is 0 Å². The average molecular weight is 219 g/mol. The number of methoxy groups -OCH3 is 1. The van der Waals surface area contributed by atoms with Gasteiger partial charge in [0.15, 0.2) is 0 Å². The van der Waals surface area contributed by atoms with Crippen molar-refractivity contribution in [3.63, 3.8) is 0 Å². The number of hydrogen-bond donors (Lipinski definition) is 1. The number of nitrogens with one attached hydrogen (secondary N) is 1. The molecular formula is C14H21NO. The highest BCUT2D eigenvalue weighted by atomic mass is 16.5. The van der Waals surface area contributed by atoms with Crippen LogP contribution in [0, 0.1) is 0 Å². The van der Waals surface area contributed by atoms with Gasteiger partial charge in [-0.2, -0.15) is 0 Å². The molecule has 0 atom stereocenters. The first-order valence-electron chi connectivity index (χ1n) is 6.08. The minimum absolute atomic E-state index is 0.465. The summed E-state index contributed by atoms with van der Waals surface area (Å²) >= 11 is 0. The number of benzene rings is 1. The first kappa shape index (κ1) is 11.5. The lowest BCUT2D eigenvalue weighted by Gasteiger charge is -2.35. The van der Waals surface area contributed by atoms with Crippen molar-refractivity contribution in [2.75, 3.05) is 12.4 Å². The second kappa shape index (κ2) is 4.88. The van der Waals surface area contributed by atoms with Crippen LogP contribution in [0.2, 0.25) is 0 Å². The zero-order valence-electron chi connectivity index (χ0n) is 10.4. The van der Waals surface area contributed by atoms with Gasteiger partial charge in [0.1, 0.15) is 0 Å². The van der Waals surface area contributed by atoms with Crippen LogP contribution in [-0.2, 0) is 4.74 Å².